The van der Waals surface area contributed by atoms with Gasteiger partial charge in [0, 0.05) is 39.5 Å². The average Bonchev–Trinajstić information content (AvgIpc) is 0.767. The summed E-state index contributed by atoms with van der Waals surface area (Å²) in [6.45, 7) is -7.84. The quantitative estimate of drug-likeness (QED) is 0.0290. The third kappa shape index (κ3) is 18.9. The molecule has 7 fully saturated rings. The molecule has 624 valence electrons. The summed E-state index contributed by atoms with van der Waals surface area (Å²) in [6, 6.07) is -4.10. The van der Waals surface area contributed by atoms with Crippen LogP contribution in [0, 0.1) is 0 Å². The molecule has 0 aliphatic carbocycles. The summed E-state index contributed by atoms with van der Waals surface area (Å²) in [4.78, 5) is 78.2. The van der Waals surface area contributed by atoms with E-state index in [-0.39, 0.29) is 0 Å². The summed E-state index contributed by atoms with van der Waals surface area (Å²) < 4.78 is 72.8. The summed E-state index contributed by atoms with van der Waals surface area (Å²) in [6.07, 6.45) is -83.9. The first-order chi connectivity index (χ1) is 50.4. The van der Waals surface area contributed by atoms with Crippen LogP contribution in [0.3, 0.4) is 0 Å². The molecule has 0 saturated carbocycles. The molecule has 0 spiro atoms. The van der Waals surface area contributed by atoms with Crippen LogP contribution in [0.5, 0.6) is 0 Å². The highest BCUT2D eigenvalue weighted by Gasteiger charge is 2.65. The molecule has 0 unspecified atom stereocenters. The van der Waals surface area contributed by atoms with Gasteiger partial charge in [0.2, 0.25) is 11.8 Å². The van der Waals surface area contributed by atoms with E-state index < -0.39 is 345 Å². The highest BCUT2D eigenvalue weighted by atomic mass is 16.8. The topological polar surface area (TPSA) is 833 Å². The smallest absolute Gasteiger partial charge is 0.364 e. The lowest BCUT2D eigenvalue weighted by molar-refractivity contribution is -0.388. The van der Waals surface area contributed by atoms with E-state index in [2.05, 4.69) is 10.6 Å². The fourth-order valence-electron chi connectivity index (χ4n) is 13.4. The summed E-state index contributed by atoms with van der Waals surface area (Å²) in [5.74, 6) is -24.8. The van der Waals surface area contributed by atoms with Crippen molar-refractivity contribution in [1.29, 1.82) is 0 Å². The Balaban J connectivity index is 1.13. The molecule has 7 saturated heterocycles. The molecule has 7 aliphatic rings. The van der Waals surface area contributed by atoms with Gasteiger partial charge in [0.25, 0.3) is 23.1 Å². The average molecular weight is 1590 g/mol. The van der Waals surface area contributed by atoms with Crippen LogP contribution in [0.1, 0.15) is 39.5 Å². The number of aliphatic hydroxyl groups excluding tert-OH is 25. The Bertz CT molecular complexity index is 2990. The number of carboxylic acid groups (broad SMARTS) is 4. The zero-order chi connectivity index (χ0) is 81.1. The number of hydrogen-bond acceptors (Lipinski definition) is 44. The summed E-state index contributed by atoms with van der Waals surface area (Å²) >= 11 is 0. The lowest BCUT2D eigenvalue weighted by Crippen LogP contribution is -2.71. The van der Waals surface area contributed by atoms with Crippen molar-refractivity contribution < 1.29 is 238 Å². The van der Waals surface area contributed by atoms with Crippen molar-refractivity contribution in [1.82, 2.24) is 10.6 Å². The fraction of sp³-hybridized carbons (Fsp3) is 0.897. The number of ether oxygens (including phenoxy) is 13. The number of nitrogens with one attached hydrogen (secondary N) is 2. The van der Waals surface area contributed by atoms with E-state index >= 15 is 0 Å². The maximum absolute atomic E-state index is 13.4. The van der Waals surface area contributed by atoms with E-state index in [0.717, 1.165) is 13.8 Å². The SMILES string of the molecule is CC(=O)N[C@@H]1[C@@H](O[C@H]2O[C@H](CO)[C@H](O)[C@H](O[C@@H]3O[C@H](CO)[C@H](O)[C@H](O[C@]4(C(=O)O)C[C@H](O)[C@@H](O)[C@H]([C@H](O)[C@H](O)CO)O4)[C@H]3O)[C@H]2NC(C)=O)[C@@H](O)[C@@H](CO[C@]2(C(=O)O)C[C@H](O)[C@@H](O)[C@H]([C@H](O)[C@@H](CO)O[C@]3(C(=O)O)C[C@H](O)[C@@H](O)[C@H]([C@H](O)[C@@H](CO)O[C@]4(C(=O)O)C[C@H](O)[C@@H](O)[C@H]([C@H](O)[C@H](O)CO)O4)O3)O2)O[C@@H]1O. The first-order valence-electron chi connectivity index (χ1n) is 33.2. The van der Waals surface area contributed by atoms with Crippen molar-refractivity contribution >= 4 is 35.7 Å². The minimum absolute atomic E-state index is 0.851. The van der Waals surface area contributed by atoms with Gasteiger partial charge in [-0.15, -0.1) is 0 Å². The molecular formula is C58H94N2O48. The van der Waals surface area contributed by atoms with Gasteiger partial charge in [-0.1, -0.05) is 0 Å². The predicted octanol–water partition coefficient (Wildman–Crippen LogP) is -19.2. The number of carboxylic acids is 4. The Morgan fingerprint density at radius 2 is 0.731 bits per heavy atom. The number of hydrogen-bond donors (Lipinski definition) is 31. The van der Waals surface area contributed by atoms with Crippen LogP contribution >= 0.6 is 0 Å². The van der Waals surface area contributed by atoms with Crippen molar-refractivity contribution in [3.05, 3.63) is 0 Å². The minimum atomic E-state index is -3.59. The van der Waals surface area contributed by atoms with Crippen molar-refractivity contribution in [2.45, 2.75) is 277 Å². The van der Waals surface area contributed by atoms with Gasteiger partial charge in [0.15, 0.2) is 18.9 Å². The van der Waals surface area contributed by atoms with E-state index in [1.54, 1.807) is 0 Å². The molecule has 7 aliphatic heterocycles. The molecule has 50 heteroatoms. The Morgan fingerprint density at radius 3 is 1.12 bits per heavy atom. The third-order valence-corrected chi connectivity index (χ3v) is 19.3. The Labute approximate surface area is 606 Å². The van der Waals surface area contributed by atoms with Gasteiger partial charge in [0.05, 0.1) is 70.7 Å². The number of aliphatic carboxylic acids is 4. The summed E-state index contributed by atoms with van der Waals surface area (Å²) in [5.41, 5.74) is 0. The third-order valence-electron chi connectivity index (χ3n) is 19.3. The summed E-state index contributed by atoms with van der Waals surface area (Å²) in [7, 11) is 0. The second-order valence-electron chi connectivity index (χ2n) is 26.8. The normalized spacial score (nSPS) is 44.1. The zero-order valence-corrected chi connectivity index (χ0v) is 56.7. The number of carbonyl (C=O) groups excluding carboxylic acids is 2. The highest BCUT2D eigenvalue weighted by molar-refractivity contribution is 5.78. The lowest BCUT2D eigenvalue weighted by Gasteiger charge is -2.51. The molecule has 7 heterocycles. The minimum Gasteiger partial charge on any atom is -0.477 e. The van der Waals surface area contributed by atoms with Crippen LogP contribution in [0.15, 0.2) is 0 Å². The van der Waals surface area contributed by atoms with Crippen molar-refractivity contribution in [3.8, 4) is 0 Å². The van der Waals surface area contributed by atoms with Crippen LogP contribution in [-0.2, 0) is 90.3 Å². The van der Waals surface area contributed by atoms with Gasteiger partial charge < -0.3 is 220 Å². The van der Waals surface area contributed by atoms with Gasteiger partial charge >= 0.3 is 23.9 Å². The molecule has 0 aromatic rings. The van der Waals surface area contributed by atoms with Gasteiger partial charge in [-0.2, -0.15) is 0 Å². The molecular weight excluding hydrogens is 1490 g/mol. The van der Waals surface area contributed by atoms with Gasteiger partial charge in [-0.3, -0.25) is 9.59 Å². The van der Waals surface area contributed by atoms with Gasteiger partial charge in [0.1, 0.15) is 171 Å². The highest BCUT2D eigenvalue weighted by Crippen LogP contribution is 2.43. The van der Waals surface area contributed by atoms with Crippen molar-refractivity contribution in [2.24, 2.45) is 0 Å². The molecule has 2 amide bonds. The van der Waals surface area contributed by atoms with E-state index in [0.29, 0.717) is 0 Å². The Kier molecular flexibility index (Phi) is 31.1. The van der Waals surface area contributed by atoms with Crippen LogP contribution in [0.4, 0.5) is 0 Å². The number of aliphatic hydroxyl groups is 25. The fourth-order valence-corrected chi connectivity index (χ4v) is 13.4. The van der Waals surface area contributed by atoms with Crippen LogP contribution < -0.4 is 10.6 Å². The Morgan fingerprint density at radius 1 is 0.398 bits per heavy atom. The molecule has 39 atom stereocenters. The molecule has 108 heavy (non-hydrogen) atoms. The summed E-state index contributed by atoms with van der Waals surface area (Å²) in [5, 5.41) is 318. The first kappa shape index (κ1) is 90.5. The molecule has 0 aromatic carbocycles. The monoisotopic (exact) mass is 1590 g/mol. The second kappa shape index (κ2) is 37.1. The van der Waals surface area contributed by atoms with E-state index in [9.17, 15) is 177 Å². The zero-order valence-electron chi connectivity index (χ0n) is 56.7. The van der Waals surface area contributed by atoms with Crippen molar-refractivity contribution in [2.75, 3.05) is 46.2 Å². The largest absolute Gasteiger partial charge is 0.477 e. The first-order valence-corrected chi connectivity index (χ1v) is 33.2. The number of carbonyl (C=O) groups is 6. The second-order valence-corrected chi connectivity index (χ2v) is 26.8. The van der Waals surface area contributed by atoms with E-state index in [4.69, 9.17) is 61.6 Å². The molecule has 0 aromatic heterocycles. The van der Waals surface area contributed by atoms with Crippen molar-refractivity contribution in [3.63, 3.8) is 0 Å². The lowest BCUT2D eigenvalue weighted by atomic mass is 9.89. The molecule has 0 radical (unpaired) electrons. The van der Waals surface area contributed by atoms with Gasteiger partial charge in [-0.05, 0) is 0 Å². The number of amides is 2. The Hall–Kier alpha value is -4.70. The maximum Gasteiger partial charge on any atom is 0.364 e. The van der Waals surface area contributed by atoms with Crippen LogP contribution in [0.25, 0.3) is 0 Å². The molecule has 50 nitrogen and oxygen atoms in total. The maximum atomic E-state index is 13.4. The predicted molar refractivity (Wildman–Crippen MR) is 324 cm³/mol. The van der Waals surface area contributed by atoms with E-state index in [1.165, 1.54) is 0 Å². The molecule has 31 N–H and O–H groups in total. The van der Waals surface area contributed by atoms with E-state index in [1.807, 2.05) is 0 Å². The van der Waals surface area contributed by atoms with Crippen LogP contribution in [-0.4, -0.2) is 467 Å². The van der Waals surface area contributed by atoms with Crippen LogP contribution in [0.2, 0.25) is 0 Å². The molecule has 7 rings (SSSR count). The molecule has 0 bridgehead atoms. The number of rotatable bonds is 33. The standard InChI is InChI=1S/C58H94N2O48/c1-14(67)59-27-41(100-49-28(60-15(2)68)42(35(81)22(9-63)98-49)101-50-40(86)47(36(82)23(10-64)99-50)108-58(54(94)95)6-19(72)30(76)44(106-58)34(80)21(74)8-62)39(85)26(97-48(27)87)13-96-55(51(88)89)3-16(69)31(77)45(104-55)37(83)24(11-65)103-57(53(92)93)5-18(71)32(78)46(107-57)38(84)25(12-66)102-56(52(90)91)4-17(70)29(75)43(105-56)33(79)20(73)7-61/h16-50,61-66,69-87H,3-13H2,1-2H3,(H,59,67)(H,60,68)(H,88,89)(H,90,91)(H,92,93)(H,94,95)/t16-,17-,18-,19-,20+,21+,22+,23+,24+,25+,26+,27+,28+,29+,30+,31+,32+,33+,34+,35-,36-,37+,38+,39-,40+,41+,42+,43+,44+,45+,46+,47-,48-,49+,50-,55+,56+,57+,58-/m0/s1. The van der Waals surface area contributed by atoms with Gasteiger partial charge in [-0.25, -0.2) is 19.2 Å².